The molecule has 1 unspecified atom stereocenters. The normalized spacial score (nSPS) is 12.1. The van der Waals surface area contributed by atoms with Gasteiger partial charge in [-0.1, -0.05) is 24.3 Å². The van der Waals surface area contributed by atoms with E-state index in [1.54, 1.807) is 32.5 Å². The molecule has 0 bridgehead atoms. The monoisotopic (exact) mass is 359 g/mol. The first-order chi connectivity index (χ1) is 12.1. The van der Waals surface area contributed by atoms with Crippen molar-refractivity contribution in [3.8, 4) is 22.8 Å². The Morgan fingerprint density at radius 2 is 1.72 bits per heavy atom. The Balaban J connectivity index is 1.91. The highest BCUT2D eigenvalue weighted by atomic mass is 32.2. The second-order valence-corrected chi connectivity index (χ2v) is 6.01. The minimum atomic E-state index is -2.02. The first-order valence-electron chi connectivity index (χ1n) is 7.43. The lowest BCUT2D eigenvalue weighted by Gasteiger charge is -2.09. The largest absolute Gasteiger partial charge is 0.493 e. The van der Waals surface area contributed by atoms with Crippen LogP contribution < -0.4 is 14.2 Å². The Bertz CT molecular complexity index is 916. The molecule has 0 aliphatic heterocycles. The summed E-state index contributed by atoms with van der Waals surface area (Å²) in [5.74, 6) is 1.20. The van der Waals surface area contributed by atoms with Crippen LogP contribution >= 0.6 is 0 Å². The van der Waals surface area contributed by atoms with Gasteiger partial charge in [0.05, 0.1) is 37.1 Å². The summed E-state index contributed by atoms with van der Waals surface area (Å²) in [6.07, 6.45) is 1.70. The smallest absolute Gasteiger partial charge is 0.232 e. The maximum absolute atomic E-state index is 10.6. The third-order valence-corrected chi connectivity index (χ3v) is 4.09. The van der Waals surface area contributed by atoms with Gasteiger partial charge in [0.25, 0.3) is 0 Å². The van der Waals surface area contributed by atoms with Crippen molar-refractivity contribution in [2.45, 2.75) is 6.54 Å². The standard InChI is InChI=1S/C17H17N3O4S/c1-23-16-7-13-14(8-17(16)24-2)20-15(10-18-13)12-5-3-11(4-6-12)9-19-25(21)22/h3-8,10,19H,9H2,1-2H3,(H,21,22). The molecule has 0 fully saturated rings. The zero-order chi connectivity index (χ0) is 17.8. The lowest BCUT2D eigenvalue weighted by molar-refractivity contribution is 0.355. The van der Waals surface area contributed by atoms with Crippen molar-refractivity contribution < 1.29 is 18.2 Å². The van der Waals surface area contributed by atoms with Crippen molar-refractivity contribution in [1.82, 2.24) is 14.7 Å². The highest BCUT2D eigenvalue weighted by Gasteiger charge is 2.09. The van der Waals surface area contributed by atoms with Crippen molar-refractivity contribution in [2.24, 2.45) is 0 Å². The Kier molecular flexibility index (Phi) is 5.22. The first-order valence-corrected chi connectivity index (χ1v) is 8.54. The van der Waals surface area contributed by atoms with Crippen LogP contribution in [0.3, 0.4) is 0 Å². The van der Waals surface area contributed by atoms with Crippen LogP contribution in [0.4, 0.5) is 0 Å². The van der Waals surface area contributed by atoms with E-state index in [-0.39, 0.29) is 0 Å². The zero-order valence-corrected chi connectivity index (χ0v) is 14.5. The van der Waals surface area contributed by atoms with Gasteiger partial charge in [-0.15, -0.1) is 0 Å². The van der Waals surface area contributed by atoms with E-state index < -0.39 is 11.3 Å². The predicted octanol–water partition coefficient (Wildman–Crippen LogP) is 2.54. The number of benzene rings is 2. The van der Waals surface area contributed by atoms with Gasteiger partial charge in [-0.2, -0.15) is 0 Å². The van der Waals surface area contributed by atoms with Crippen LogP contribution in [0.25, 0.3) is 22.3 Å². The number of methoxy groups -OCH3 is 2. The molecule has 8 heteroatoms. The number of aromatic nitrogens is 2. The van der Waals surface area contributed by atoms with E-state index in [9.17, 15) is 4.21 Å². The minimum Gasteiger partial charge on any atom is -0.493 e. The lowest BCUT2D eigenvalue weighted by atomic mass is 10.1. The summed E-state index contributed by atoms with van der Waals surface area (Å²) in [5.41, 5.74) is 3.94. The summed E-state index contributed by atoms with van der Waals surface area (Å²) in [7, 11) is 3.15. The quantitative estimate of drug-likeness (QED) is 0.657. The molecule has 7 nitrogen and oxygen atoms in total. The molecule has 0 saturated heterocycles. The van der Waals surface area contributed by atoms with Gasteiger partial charge in [-0.25, -0.2) is 13.9 Å². The minimum absolute atomic E-state index is 0.309. The number of fused-ring (bicyclic) bond motifs is 1. The van der Waals surface area contributed by atoms with Gasteiger partial charge in [-0.05, 0) is 5.56 Å². The Hall–Kier alpha value is -2.55. The topological polar surface area (TPSA) is 93.6 Å². The molecule has 0 aliphatic rings. The van der Waals surface area contributed by atoms with Gasteiger partial charge in [0, 0.05) is 24.2 Å². The second-order valence-electron chi connectivity index (χ2n) is 5.22. The molecule has 0 radical (unpaired) electrons. The van der Waals surface area contributed by atoms with E-state index >= 15 is 0 Å². The molecule has 0 saturated carbocycles. The third kappa shape index (κ3) is 3.93. The fourth-order valence-electron chi connectivity index (χ4n) is 2.42. The maximum atomic E-state index is 10.6. The zero-order valence-electron chi connectivity index (χ0n) is 13.7. The summed E-state index contributed by atoms with van der Waals surface area (Å²) >= 11 is -2.02. The molecule has 25 heavy (non-hydrogen) atoms. The molecule has 3 aromatic rings. The van der Waals surface area contributed by atoms with Crippen LogP contribution in [-0.2, 0) is 17.8 Å². The van der Waals surface area contributed by atoms with E-state index in [1.165, 1.54) is 0 Å². The van der Waals surface area contributed by atoms with Gasteiger partial charge in [-0.3, -0.25) is 9.54 Å². The average Bonchev–Trinajstić information content (AvgIpc) is 2.65. The summed E-state index contributed by atoms with van der Waals surface area (Å²) in [6.45, 7) is 0.309. The number of rotatable bonds is 6. The van der Waals surface area contributed by atoms with Crippen LogP contribution in [0.2, 0.25) is 0 Å². The van der Waals surface area contributed by atoms with Crippen LogP contribution in [0.15, 0.2) is 42.6 Å². The van der Waals surface area contributed by atoms with Crippen LogP contribution in [-0.4, -0.2) is 32.9 Å². The number of ether oxygens (including phenoxy) is 2. The highest BCUT2D eigenvalue weighted by Crippen LogP contribution is 2.31. The number of nitrogens with zero attached hydrogens (tertiary/aromatic N) is 2. The van der Waals surface area contributed by atoms with Crippen LogP contribution in [0.1, 0.15) is 5.56 Å². The van der Waals surface area contributed by atoms with E-state index in [1.807, 2.05) is 24.3 Å². The molecule has 3 rings (SSSR count). The lowest BCUT2D eigenvalue weighted by Crippen LogP contribution is -2.15. The molecule has 2 N–H and O–H groups in total. The molecule has 0 spiro atoms. The van der Waals surface area contributed by atoms with E-state index in [0.29, 0.717) is 29.1 Å². The van der Waals surface area contributed by atoms with Crippen molar-refractivity contribution in [3.05, 3.63) is 48.2 Å². The molecule has 0 aliphatic carbocycles. The molecule has 2 aromatic carbocycles. The van der Waals surface area contributed by atoms with Gasteiger partial charge >= 0.3 is 0 Å². The summed E-state index contributed by atoms with van der Waals surface area (Å²) in [4.78, 5) is 9.07. The summed E-state index contributed by atoms with van der Waals surface area (Å²) in [6, 6.07) is 11.1. The average molecular weight is 359 g/mol. The first kappa shape index (κ1) is 17.3. The number of hydrogen-bond donors (Lipinski definition) is 2. The SMILES string of the molecule is COc1cc2ncc(-c3ccc(CNS(=O)O)cc3)nc2cc1OC. The Labute approximate surface area is 147 Å². The van der Waals surface area contributed by atoms with Gasteiger partial charge in [0.1, 0.15) is 0 Å². The predicted molar refractivity (Wildman–Crippen MR) is 95.7 cm³/mol. The molecule has 130 valence electrons. The van der Waals surface area contributed by atoms with E-state index in [0.717, 1.165) is 16.8 Å². The molecule has 1 atom stereocenters. The van der Waals surface area contributed by atoms with Crippen molar-refractivity contribution in [3.63, 3.8) is 0 Å². The fraction of sp³-hybridized carbons (Fsp3) is 0.176. The third-order valence-electron chi connectivity index (χ3n) is 3.70. The van der Waals surface area contributed by atoms with Gasteiger partial charge < -0.3 is 9.47 Å². The molecule has 0 amide bonds. The Morgan fingerprint density at radius 3 is 2.32 bits per heavy atom. The molecule has 1 aromatic heterocycles. The summed E-state index contributed by atoms with van der Waals surface area (Å²) in [5, 5.41) is 0. The van der Waals surface area contributed by atoms with Crippen LogP contribution in [0.5, 0.6) is 11.5 Å². The Morgan fingerprint density at radius 1 is 1.08 bits per heavy atom. The van der Waals surface area contributed by atoms with Crippen molar-refractivity contribution in [1.29, 1.82) is 0 Å². The highest BCUT2D eigenvalue weighted by molar-refractivity contribution is 7.77. The van der Waals surface area contributed by atoms with Crippen LogP contribution in [0, 0.1) is 0 Å². The van der Waals surface area contributed by atoms with E-state index in [2.05, 4.69) is 14.7 Å². The molecular formula is C17H17N3O4S. The maximum Gasteiger partial charge on any atom is 0.232 e. The number of hydrogen-bond acceptors (Lipinski definition) is 5. The van der Waals surface area contributed by atoms with Crippen molar-refractivity contribution >= 4 is 22.3 Å². The van der Waals surface area contributed by atoms with Crippen molar-refractivity contribution in [2.75, 3.05) is 14.2 Å². The number of nitrogens with one attached hydrogen (secondary N) is 1. The van der Waals surface area contributed by atoms with Gasteiger partial charge in [0.2, 0.25) is 11.3 Å². The molecule has 1 heterocycles. The second kappa shape index (κ2) is 7.56. The van der Waals surface area contributed by atoms with E-state index in [4.69, 9.17) is 14.0 Å². The molecular weight excluding hydrogens is 342 g/mol. The summed E-state index contributed by atoms with van der Waals surface area (Å²) < 4.78 is 32.4. The van der Waals surface area contributed by atoms with Gasteiger partial charge in [0.15, 0.2) is 11.5 Å². The fourth-order valence-corrected chi connectivity index (χ4v) is 2.71.